The molecule has 0 aliphatic rings. The highest BCUT2D eigenvalue weighted by atomic mass is 16.4. The van der Waals surface area contributed by atoms with Crippen LogP contribution in [-0.2, 0) is 14.4 Å². The Morgan fingerprint density at radius 2 is 2.00 bits per heavy atom. The fourth-order valence-electron chi connectivity index (χ4n) is 1.25. The summed E-state index contributed by atoms with van der Waals surface area (Å²) in [4.78, 5) is 32.4. The van der Waals surface area contributed by atoms with Crippen molar-refractivity contribution in [3.8, 4) is 0 Å². The lowest BCUT2D eigenvalue weighted by Crippen LogP contribution is -2.46. The first-order valence-corrected chi connectivity index (χ1v) is 5.44. The first-order chi connectivity index (χ1) is 8.01. The van der Waals surface area contributed by atoms with Gasteiger partial charge in [0.1, 0.15) is 6.29 Å². The molecule has 0 heterocycles. The van der Waals surface area contributed by atoms with E-state index in [1.807, 2.05) is 0 Å². The third-order valence-electron chi connectivity index (χ3n) is 2.19. The number of hydrogen-bond acceptors (Lipinski definition) is 5. The standard InChI is InChI=1S/C10H19N3O4/c11-4-2-1-3-8(12)10(17)13-7(6-14)5-9(15)16/h6-8H,1-5,11-12H2,(H,13,17)(H,15,16)/t7-,8-/m0/s1. The van der Waals surface area contributed by atoms with E-state index in [1.165, 1.54) is 0 Å². The van der Waals surface area contributed by atoms with Gasteiger partial charge in [-0.15, -0.1) is 0 Å². The maximum Gasteiger partial charge on any atom is 0.305 e. The monoisotopic (exact) mass is 245 g/mol. The summed E-state index contributed by atoms with van der Waals surface area (Å²) in [6, 6.07) is -1.77. The molecule has 0 aromatic heterocycles. The highest BCUT2D eigenvalue weighted by Gasteiger charge is 2.19. The number of amides is 1. The van der Waals surface area contributed by atoms with Crippen LogP contribution in [0.1, 0.15) is 25.7 Å². The maximum atomic E-state index is 11.5. The second-order valence-electron chi connectivity index (χ2n) is 3.74. The van der Waals surface area contributed by atoms with E-state index < -0.39 is 30.4 Å². The van der Waals surface area contributed by atoms with Gasteiger partial charge in [-0.2, -0.15) is 0 Å². The van der Waals surface area contributed by atoms with E-state index in [0.29, 0.717) is 19.3 Å². The molecule has 0 rings (SSSR count). The molecule has 17 heavy (non-hydrogen) atoms. The third kappa shape index (κ3) is 7.42. The highest BCUT2D eigenvalue weighted by Crippen LogP contribution is 1.99. The molecule has 7 nitrogen and oxygen atoms in total. The number of hydrogen-bond donors (Lipinski definition) is 4. The molecule has 1 amide bonds. The lowest BCUT2D eigenvalue weighted by atomic mass is 10.1. The van der Waals surface area contributed by atoms with Crippen LogP contribution >= 0.6 is 0 Å². The van der Waals surface area contributed by atoms with E-state index in [9.17, 15) is 14.4 Å². The Kier molecular flexibility index (Phi) is 7.91. The van der Waals surface area contributed by atoms with Crippen LogP contribution < -0.4 is 16.8 Å². The minimum atomic E-state index is -1.15. The summed E-state index contributed by atoms with van der Waals surface area (Å²) in [5, 5.41) is 10.8. The van der Waals surface area contributed by atoms with Gasteiger partial charge in [-0.05, 0) is 19.4 Å². The first-order valence-electron chi connectivity index (χ1n) is 5.44. The number of carbonyl (C=O) groups excluding carboxylic acids is 2. The number of aldehydes is 1. The smallest absolute Gasteiger partial charge is 0.305 e. The number of unbranched alkanes of at least 4 members (excludes halogenated alkanes) is 1. The Morgan fingerprint density at radius 3 is 2.47 bits per heavy atom. The summed E-state index contributed by atoms with van der Waals surface area (Å²) in [5.41, 5.74) is 10.9. The zero-order chi connectivity index (χ0) is 13.3. The fourth-order valence-corrected chi connectivity index (χ4v) is 1.25. The van der Waals surface area contributed by atoms with Gasteiger partial charge >= 0.3 is 5.97 Å². The van der Waals surface area contributed by atoms with Gasteiger partial charge in [-0.25, -0.2) is 0 Å². The van der Waals surface area contributed by atoms with Gasteiger partial charge in [-0.1, -0.05) is 6.42 Å². The Bertz CT molecular complexity index is 270. The second kappa shape index (κ2) is 8.66. The average Bonchev–Trinajstić information content (AvgIpc) is 2.27. The Balaban J connectivity index is 4.03. The highest BCUT2D eigenvalue weighted by molar-refractivity contribution is 5.85. The average molecular weight is 245 g/mol. The maximum absolute atomic E-state index is 11.5. The van der Waals surface area contributed by atoms with E-state index in [2.05, 4.69) is 5.32 Å². The van der Waals surface area contributed by atoms with Crippen LogP contribution in [0.15, 0.2) is 0 Å². The zero-order valence-electron chi connectivity index (χ0n) is 9.59. The molecule has 7 heteroatoms. The van der Waals surface area contributed by atoms with Crippen LogP contribution in [0.3, 0.4) is 0 Å². The minimum absolute atomic E-state index is 0.388. The topological polar surface area (TPSA) is 136 Å². The Morgan fingerprint density at radius 1 is 1.35 bits per heavy atom. The summed E-state index contributed by atoms with van der Waals surface area (Å²) in [6.07, 6.45) is 1.90. The van der Waals surface area contributed by atoms with E-state index in [-0.39, 0.29) is 0 Å². The van der Waals surface area contributed by atoms with Crippen LogP contribution in [0.25, 0.3) is 0 Å². The molecule has 0 saturated carbocycles. The van der Waals surface area contributed by atoms with Gasteiger partial charge in [0.2, 0.25) is 5.91 Å². The molecule has 0 saturated heterocycles. The van der Waals surface area contributed by atoms with Crippen LogP contribution in [0.5, 0.6) is 0 Å². The van der Waals surface area contributed by atoms with Crippen molar-refractivity contribution in [3.05, 3.63) is 0 Å². The van der Waals surface area contributed by atoms with E-state index in [4.69, 9.17) is 16.6 Å². The van der Waals surface area contributed by atoms with Crippen molar-refractivity contribution in [1.82, 2.24) is 5.32 Å². The summed E-state index contributed by atoms with van der Waals surface area (Å²) < 4.78 is 0. The predicted octanol–water partition coefficient (Wildman–Crippen LogP) is -1.40. The SMILES string of the molecule is NCCCC[C@H](N)C(=O)N[C@H](C=O)CC(=O)O. The summed E-state index contributed by atoms with van der Waals surface area (Å²) in [5.74, 6) is -1.67. The quantitative estimate of drug-likeness (QED) is 0.291. The number of carbonyl (C=O) groups is 3. The zero-order valence-corrected chi connectivity index (χ0v) is 9.59. The van der Waals surface area contributed by atoms with Crippen molar-refractivity contribution in [1.29, 1.82) is 0 Å². The fraction of sp³-hybridized carbons (Fsp3) is 0.700. The van der Waals surface area contributed by atoms with E-state index in [0.717, 1.165) is 12.8 Å². The van der Waals surface area contributed by atoms with Crippen molar-refractivity contribution in [2.45, 2.75) is 37.8 Å². The number of carboxylic acids is 1. The van der Waals surface area contributed by atoms with Crippen molar-refractivity contribution >= 4 is 18.2 Å². The van der Waals surface area contributed by atoms with Crippen molar-refractivity contribution in [2.75, 3.05) is 6.54 Å². The molecule has 0 aliphatic carbocycles. The number of carboxylic acid groups (broad SMARTS) is 1. The lowest BCUT2D eigenvalue weighted by molar-refractivity contribution is -0.138. The molecule has 0 unspecified atom stereocenters. The largest absolute Gasteiger partial charge is 0.481 e. The van der Waals surface area contributed by atoms with E-state index in [1.54, 1.807) is 0 Å². The molecular weight excluding hydrogens is 226 g/mol. The van der Waals surface area contributed by atoms with Crippen molar-refractivity contribution < 1.29 is 19.5 Å². The van der Waals surface area contributed by atoms with E-state index >= 15 is 0 Å². The van der Waals surface area contributed by atoms with Crippen LogP contribution in [0.4, 0.5) is 0 Å². The van der Waals surface area contributed by atoms with Gasteiger partial charge in [0.25, 0.3) is 0 Å². The van der Waals surface area contributed by atoms with Crippen molar-refractivity contribution in [2.24, 2.45) is 11.5 Å². The molecule has 0 spiro atoms. The van der Waals surface area contributed by atoms with Gasteiger partial charge in [0.15, 0.2) is 0 Å². The summed E-state index contributed by atoms with van der Waals surface area (Å²) >= 11 is 0. The molecule has 98 valence electrons. The number of nitrogens with one attached hydrogen (secondary N) is 1. The number of aliphatic carboxylic acids is 1. The molecule has 0 aromatic rings. The number of rotatable bonds is 9. The predicted molar refractivity (Wildman–Crippen MR) is 61.1 cm³/mol. The van der Waals surface area contributed by atoms with Crippen molar-refractivity contribution in [3.63, 3.8) is 0 Å². The summed E-state index contributed by atoms with van der Waals surface area (Å²) in [6.45, 7) is 0.532. The molecule has 0 radical (unpaired) electrons. The molecule has 2 atom stereocenters. The normalized spacial score (nSPS) is 13.8. The molecule has 6 N–H and O–H groups in total. The Labute approximate surface area is 99.5 Å². The van der Waals surface area contributed by atoms with Crippen LogP contribution in [0, 0.1) is 0 Å². The lowest BCUT2D eigenvalue weighted by Gasteiger charge is -2.15. The van der Waals surface area contributed by atoms with Gasteiger partial charge in [0.05, 0.1) is 18.5 Å². The molecule has 0 aliphatic heterocycles. The molecular formula is C10H19N3O4. The third-order valence-corrected chi connectivity index (χ3v) is 2.19. The Hall–Kier alpha value is -1.47. The van der Waals surface area contributed by atoms with Gasteiger partial charge in [-0.3, -0.25) is 9.59 Å². The second-order valence-corrected chi connectivity index (χ2v) is 3.74. The minimum Gasteiger partial charge on any atom is -0.481 e. The first kappa shape index (κ1) is 15.5. The molecule has 0 fully saturated rings. The number of nitrogens with two attached hydrogens (primary N) is 2. The molecule has 0 aromatic carbocycles. The van der Waals surface area contributed by atoms with Gasteiger partial charge < -0.3 is 26.7 Å². The molecule has 0 bridgehead atoms. The van der Waals surface area contributed by atoms with Crippen LogP contribution in [0.2, 0.25) is 0 Å². The summed E-state index contributed by atoms with van der Waals surface area (Å²) in [7, 11) is 0. The van der Waals surface area contributed by atoms with Crippen LogP contribution in [-0.4, -0.2) is 41.9 Å². The van der Waals surface area contributed by atoms with Gasteiger partial charge in [0, 0.05) is 0 Å².